The predicted octanol–water partition coefficient (Wildman–Crippen LogP) is 2.48. The van der Waals surface area contributed by atoms with Crippen LogP contribution in [0.3, 0.4) is 0 Å². The molecule has 2 heterocycles. The van der Waals surface area contributed by atoms with Gasteiger partial charge >= 0.3 is 0 Å². The summed E-state index contributed by atoms with van der Waals surface area (Å²) in [6.07, 6.45) is 3.47. The topological polar surface area (TPSA) is 68.8 Å². The molecule has 0 unspecified atom stereocenters. The van der Waals surface area contributed by atoms with Gasteiger partial charge in [-0.15, -0.1) is 5.10 Å². The Labute approximate surface area is 116 Å². The molecule has 3 rings (SSSR count). The van der Waals surface area contributed by atoms with Gasteiger partial charge in [0, 0.05) is 12.1 Å². The van der Waals surface area contributed by atoms with E-state index >= 15 is 0 Å². The summed E-state index contributed by atoms with van der Waals surface area (Å²) in [5, 5.41) is 15.2. The molecule has 0 atom stereocenters. The summed E-state index contributed by atoms with van der Waals surface area (Å²) in [5.74, 6) is 0.841. The molecule has 0 saturated heterocycles. The van der Waals surface area contributed by atoms with E-state index in [0.29, 0.717) is 6.54 Å². The van der Waals surface area contributed by atoms with E-state index in [4.69, 9.17) is 4.52 Å². The second-order valence-corrected chi connectivity index (χ2v) is 4.52. The highest BCUT2D eigenvalue weighted by atomic mass is 16.5. The second kappa shape index (κ2) is 5.16. The molecule has 3 aromatic rings. The molecule has 20 heavy (non-hydrogen) atoms. The van der Waals surface area contributed by atoms with Crippen molar-refractivity contribution in [3.63, 3.8) is 0 Å². The molecular weight excluding hydrogens is 254 g/mol. The van der Waals surface area contributed by atoms with Gasteiger partial charge in [0.05, 0.1) is 29.5 Å². The zero-order valence-corrected chi connectivity index (χ0v) is 11.4. The summed E-state index contributed by atoms with van der Waals surface area (Å²) in [6, 6.07) is 7.95. The lowest BCUT2D eigenvalue weighted by molar-refractivity contribution is 0.392. The molecule has 0 aliphatic heterocycles. The maximum Gasteiger partial charge on any atom is 0.138 e. The molecule has 0 spiro atoms. The number of anilines is 1. The van der Waals surface area contributed by atoms with Gasteiger partial charge in [-0.25, -0.2) is 4.68 Å². The van der Waals surface area contributed by atoms with Gasteiger partial charge in [-0.3, -0.25) is 0 Å². The van der Waals surface area contributed by atoms with Gasteiger partial charge in [0.2, 0.25) is 0 Å². The van der Waals surface area contributed by atoms with Crippen LogP contribution < -0.4 is 5.32 Å². The number of rotatable bonds is 4. The van der Waals surface area contributed by atoms with Crippen LogP contribution in [0, 0.1) is 13.8 Å². The van der Waals surface area contributed by atoms with Gasteiger partial charge in [-0.05, 0) is 26.0 Å². The molecule has 1 aromatic carbocycles. The monoisotopic (exact) mass is 269 g/mol. The minimum absolute atomic E-state index is 0.660. The standard InChI is InChI=1S/C14H15N5O/c1-10-12(11(2)20-17-10)9-15-13-5-3-4-6-14(13)19-8-7-16-18-19/h3-8,15H,9H2,1-2H3. The van der Waals surface area contributed by atoms with Crippen molar-refractivity contribution < 1.29 is 4.52 Å². The number of nitrogens with one attached hydrogen (secondary N) is 1. The Balaban J connectivity index is 1.85. The van der Waals surface area contributed by atoms with Crippen LogP contribution in [0.2, 0.25) is 0 Å². The molecule has 102 valence electrons. The van der Waals surface area contributed by atoms with Crippen molar-refractivity contribution in [2.24, 2.45) is 0 Å². The van der Waals surface area contributed by atoms with Gasteiger partial charge in [0.25, 0.3) is 0 Å². The summed E-state index contributed by atoms with van der Waals surface area (Å²) < 4.78 is 6.90. The Hall–Kier alpha value is -2.63. The van der Waals surface area contributed by atoms with Crippen LogP contribution >= 0.6 is 0 Å². The van der Waals surface area contributed by atoms with E-state index in [1.165, 1.54) is 0 Å². The highest BCUT2D eigenvalue weighted by Gasteiger charge is 2.10. The summed E-state index contributed by atoms with van der Waals surface area (Å²) in [5.41, 5.74) is 3.93. The Kier molecular flexibility index (Phi) is 3.20. The molecule has 6 heteroatoms. The summed E-state index contributed by atoms with van der Waals surface area (Å²) >= 11 is 0. The zero-order chi connectivity index (χ0) is 13.9. The van der Waals surface area contributed by atoms with Gasteiger partial charge in [-0.1, -0.05) is 22.5 Å². The summed E-state index contributed by atoms with van der Waals surface area (Å²) in [6.45, 7) is 4.52. The smallest absolute Gasteiger partial charge is 0.138 e. The first-order chi connectivity index (χ1) is 9.75. The maximum atomic E-state index is 5.17. The lowest BCUT2D eigenvalue weighted by atomic mass is 10.2. The second-order valence-electron chi connectivity index (χ2n) is 4.52. The average Bonchev–Trinajstić information content (AvgIpc) is 3.09. The van der Waals surface area contributed by atoms with Crippen molar-refractivity contribution in [2.75, 3.05) is 5.32 Å². The molecule has 0 amide bonds. The number of nitrogens with zero attached hydrogens (tertiary/aromatic N) is 4. The number of aromatic nitrogens is 4. The molecule has 6 nitrogen and oxygen atoms in total. The van der Waals surface area contributed by atoms with E-state index in [2.05, 4.69) is 20.8 Å². The van der Waals surface area contributed by atoms with Gasteiger partial charge in [0.1, 0.15) is 5.76 Å². The fourth-order valence-corrected chi connectivity index (χ4v) is 2.10. The van der Waals surface area contributed by atoms with Crippen LogP contribution in [-0.2, 0) is 6.54 Å². The normalized spacial score (nSPS) is 10.7. The van der Waals surface area contributed by atoms with E-state index in [-0.39, 0.29) is 0 Å². The first kappa shape index (κ1) is 12.4. The minimum atomic E-state index is 0.660. The fraction of sp³-hybridized carbons (Fsp3) is 0.214. The highest BCUT2D eigenvalue weighted by Crippen LogP contribution is 2.21. The van der Waals surface area contributed by atoms with E-state index in [9.17, 15) is 0 Å². The first-order valence-corrected chi connectivity index (χ1v) is 6.37. The third-order valence-corrected chi connectivity index (χ3v) is 3.21. The molecule has 0 bridgehead atoms. The lowest BCUT2D eigenvalue weighted by Gasteiger charge is -2.11. The molecule has 0 fully saturated rings. The lowest BCUT2D eigenvalue weighted by Crippen LogP contribution is -2.06. The van der Waals surface area contributed by atoms with E-state index < -0.39 is 0 Å². The molecule has 0 radical (unpaired) electrons. The van der Waals surface area contributed by atoms with Crippen molar-refractivity contribution >= 4 is 5.69 Å². The summed E-state index contributed by atoms with van der Waals surface area (Å²) in [7, 11) is 0. The fourth-order valence-electron chi connectivity index (χ4n) is 2.10. The minimum Gasteiger partial charge on any atom is -0.379 e. The van der Waals surface area contributed by atoms with Crippen molar-refractivity contribution in [1.29, 1.82) is 0 Å². The zero-order valence-electron chi connectivity index (χ0n) is 11.4. The summed E-state index contributed by atoms with van der Waals surface area (Å²) in [4.78, 5) is 0. The number of para-hydroxylation sites is 2. The van der Waals surface area contributed by atoms with Crippen LogP contribution in [-0.4, -0.2) is 20.2 Å². The van der Waals surface area contributed by atoms with Crippen LogP contribution in [0.1, 0.15) is 17.0 Å². The van der Waals surface area contributed by atoms with E-state index in [1.54, 1.807) is 10.9 Å². The largest absolute Gasteiger partial charge is 0.379 e. The van der Waals surface area contributed by atoms with Crippen LogP contribution in [0.15, 0.2) is 41.2 Å². The average molecular weight is 269 g/mol. The van der Waals surface area contributed by atoms with Crippen molar-refractivity contribution in [1.82, 2.24) is 20.2 Å². The highest BCUT2D eigenvalue weighted by molar-refractivity contribution is 5.60. The quantitative estimate of drug-likeness (QED) is 0.788. The molecule has 1 N–H and O–H groups in total. The van der Waals surface area contributed by atoms with Crippen molar-refractivity contribution in [3.05, 3.63) is 53.7 Å². The third kappa shape index (κ3) is 2.27. The predicted molar refractivity (Wildman–Crippen MR) is 74.7 cm³/mol. The molecular formula is C14H15N5O. The van der Waals surface area contributed by atoms with E-state index in [0.717, 1.165) is 28.4 Å². The van der Waals surface area contributed by atoms with Crippen molar-refractivity contribution in [2.45, 2.75) is 20.4 Å². The number of benzene rings is 1. The van der Waals surface area contributed by atoms with Gasteiger partial charge in [-0.2, -0.15) is 0 Å². The van der Waals surface area contributed by atoms with Crippen LogP contribution in [0.5, 0.6) is 0 Å². The van der Waals surface area contributed by atoms with Crippen LogP contribution in [0.25, 0.3) is 5.69 Å². The Morgan fingerprint density at radius 2 is 2.10 bits per heavy atom. The van der Waals surface area contributed by atoms with Gasteiger partial charge in [0.15, 0.2) is 0 Å². The number of hydrogen-bond acceptors (Lipinski definition) is 5. The molecule has 2 aromatic heterocycles. The SMILES string of the molecule is Cc1noc(C)c1CNc1ccccc1-n1ccnn1. The third-order valence-electron chi connectivity index (χ3n) is 3.21. The van der Waals surface area contributed by atoms with Gasteiger partial charge < -0.3 is 9.84 Å². The number of aryl methyl sites for hydroxylation is 2. The van der Waals surface area contributed by atoms with Crippen LogP contribution in [0.4, 0.5) is 5.69 Å². The number of hydrogen-bond donors (Lipinski definition) is 1. The van der Waals surface area contributed by atoms with E-state index in [1.807, 2.05) is 44.3 Å². The Morgan fingerprint density at radius 3 is 2.80 bits per heavy atom. The maximum absolute atomic E-state index is 5.17. The Bertz CT molecular complexity index is 683. The molecule has 0 aliphatic rings. The first-order valence-electron chi connectivity index (χ1n) is 6.37. The molecule has 0 aliphatic carbocycles. The Morgan fingerprint density at radius 1 is 1.25 bits per heavy atom. The van der Waals surface area contributed by atoms with Crippen molar-refractivity contribution in [3.8, 4) is 5.69 Å². The molecule has 0 saturated carbocycles.